The standard InChI is InChI=1S/C13H15BrN2O3/c1-18-11-5-9(10(14)6-12(11)19-2)7-15-16-13(17)8-3-4-8/h5-8H,3-4H2,1-2H3,(H,16,17)/b15-7-. The van der Waals surface area contributed by atoms with Crippen molar-refractivity contribution in [2.45, 2.75) is 12.8 Å². The molecule has 1 aliphatic carbocycles. The predicted molar refractivity (Wildman–Crippen MR) is 75.7 cm³/mol. The lowest BCUT2D eigenvalue weighted by Gasteiger charge is -2.09. The Hall–Kier alpha value is -1.56. The van der Waals surface area contributed by atoms with E-state index in [2.05, 4.69) is 26.5 Å². The van der Waals surface area contributed by atoms with Gasteiger partial charge in [-0.25, -0.2) is 5.43 Å². The van der Waals surface area contributed by atoms with Crippen LogP contribution in [0.3, 0.4) is 0 Å². The number of nitrogens with one attached hydrogen (secondary N) is 1. The van der Waals surface area contributed by atoms with Gasteiger partial charge in [-0.3, -0.25) is 4.79 Å². The minimum atomic E-state index is -0.0205. The first-order chi connectivity index (χ1) is 9.15. The minimum Gasteiger partial charge on any atom is -0.493 e. The van der Waals surface area contributed by atoms with Crippen LogP contribution in [0.2, 0.25) is 0 Å². The minimum absolute atomic E-state index is 0.0205. The van der Waals surface area contributed by atoms with Crippen molar-refractivity contribution < 1.29 is 14.3 Å². The summed E-state index contributed by atoms with van der Waals surface area (Å²) in [6, 6.07) is 3.58. The largest absolute Gasteiger partial charge is 0.493 e. The summed E-state index contributed by atoms with van der Waals surface area (Å²) in [6.45, 7) is 0. The van der Waals surface area contributed by atoms with Gasteiger partial charge in [0.05, 0.1) is 20.4 Å². The quantitative estimate of drug-likeness (QED) is 0.667. The molecule has 19 heavy (non-hydrogen) atoms. The van der Waals surface area contributed by atoms with Crippen LogP contribution in [-0.2, 0) is 4.79 Å². The van der Waals surface area contributed by atoms with Crippen molar-refractivity contribution in [3.63, 3.8) is 0 Å². The molecule has 0 aliphatic heterocycles. The first-order valence-corrected chi connectivity index (χ1v) is 6.69. The summed E-state index contributed by atoms with van der Waals surface area (Å²) in [5.74, 6) is 1.37. The van der Waals surface area contributed by atoms with Crippen molar-refractivity contribution in [1.82, 2.24) is 5.43 Å². The molecule has 1 aromatic rings. The van der Waals surface area contributed by atoms with Gasteiger partial charge in [0, 0.05) is 16.0 Å². The zero-order chi connectivity index (χ0) is 13.8. The molecule has 102 valence electrons. The molecule has 6 heteroatoms. The van der Waals surface area contributed by atoms with Crippen molar-refractivity contribution in [3.05, 3.63) is 22.2 Å². The molecule has 2 rings (SSSR count). The number of rotatable bonds is 5. The molecule has 1 fully saturated rings. The molecule has 5 nitrogen and oxygen atoms in total. The number of amides is 1. The number of hydrogen-bond donors (Lipinski definition) is 1. The van der Waals surface area contributed by atoms with Crippen molar-refractivity contribution >= 4 is 28.1 Å². The summed E-state index contributed by atoms with van der Waals surface area (Å²) in [6.07, 6.45) is 3.50. The van der Waals surface area contributed by atoms with Crippen LogP contribution in [0.25, 0.3) is 0 Å². The van der Waals surface area contributed by atoms with E-state index in [1.165, 1.54) is 0 Å². The lowest BCUT2D eigenvalue weighted by atomic mass is 10.2. The molecule has 0 unspecified atom stereocenters. The van der Waals surface area contributed by atoms with Crippen LogP contribution in [-0.4, -0.2) is 26.3 Å². The average molecular weight is 327 g/mol. The monoisotopic (exact) mass is 326 g/mol. The molecule has 0 spiro atoms. The fourth-order valence-corrected chi connectivity index (χ4v) is 2.00. The Labute approximate surface area is 120 Å². The number of halogens is 1. The van der Waals surface area contributed by atoms with Crippen molar-refractivity contribution in [2.24, 2.45) is 11.0 Å². The lowest BCUT2D eigenvalue weighted by Crippen LogP contribution is -2.19. The molecule has 0 atom stereocenters. The van der Waals surface area contributed by atoms with E-state index in [-0.39, 0.29) is 11.8 Å². The van der Waals surface area contributed by atoms with Gasteiger partial charge >= 0.3 is 0 Å². The maximum atomic E-state index is 11.4. The highest BCUT2D eigenvalue weighted by atomic mass is 79.9. The highest BCUT2D eigenvalue weighted by Gasteiger charge is 2.29. The van der Waals surface area contributed by atoms with E-state index in [4.69, 9.17) is 9.47 Å². The number of hydrazone groups is 1. The third-order valence-corrected chi connectivity index (χ3v) is 3.52. The number of nitrogens with zero attached hydrogens (tertiary/aromatic N) is 1. The van der Waals surface area contributed by atoms with E-state index >= 15 is 0 Å². The topological polar surface area (TPSA) is 59.9 Å². The van der Waals surface area contributed by atoms with Crippen molar-refractivity contribution in [3.8, 4) is 11.5 Å². The molecule has 1 saturated carbocycles. The molecule has 0 radical (unpaired) electrons. The van der Waals surface area contributed by atoms with Gasteiger partial charge < -0.3 is 9.47 Å². The normalized spacial score (nSPS) is 14.5. The Balaban J connectivity index is 2.10. The van der Waals surface area contributed by atoms with Crippen LogP contribution >= 0.6 is 15.9 Å². The third kappa shape index (κ3) is 3.47. The fraction of sp³-hybridized carbons (Fsp3) is 0.385. The Morgan fingerprint density at radius 3 is 2.58 bits per heavy atom. The molecule has 0 aromatic heterocycles. The lowest BCUT2D eigenvalue weighted by molar-refractivity contribution is -0.122. The van der Waals surface area contributed by atoms with E-state index in [9.17, 15) is 4.79 Å². The number of benzene rings is 1. The van der Waals surface area contributed by atoms with E-state index in [1.54, 1.807) is 32.6 Å². The van der Waals surface area contributed by atoms with Gasteiger partial charge in [-0.1, -0.05) is 0 Å². The molecule has 1 aliphatic rings. The van der Waals surface area contributed by atoms with Gasteiger partial charge in [0.25, 0.3) is 0 Å². The zero-order valence-electron chi connectivity index (χ0n) is 10.8. The van der Waals surface area contributed by atoms with Gasteiger partial charge in [0.2, 0.25) is 5.91 Å². The summed E-state index contributed by atoms with van der Waals surface area (Å²) in [5, 5.41) is 3.94. The van der Waals surface area contributed by atoms with Crippen LogP contribution in [0.4, 0.5) is 0 Å². The average Bonchev–Trinajstić information content (AvgIpc) is 3.24. The Bertz CT molecular complexity index is 513. The number of carbonyl (C=O) groups excluding carboxylic acids is 1. The molecule has 1 N–H and O–H groups in total. The van der Waals surface area contributed by atoms with Gasteiger partial charge in [-0.15, -0.1) is 0 Å². The van der Waals surface area contributed by atoms with E-state index in [1.807, 2.05) is 0 Å². The second-order valence-corrected chi connectivity index (χ2v) is 5.09. The van der Waals surface area contributed by atoms with E-state index < -0.39 is 0 Å². The van der Waals surface area contributed by atoms with Crippen molar-refractivity contribution in [2.75, 3.05) is 14.2 Å². The molecular weight excluding hydrogens is 312 g/mol. The Morgan fingerprint density at radius 2 is 2.00 bits per heavy atom. The fourth-order valence-electron chi connectivity index (χ4n) is 1.57. The molecule has 0 bridgehead atoms. The van der Waals surface area contributed by atoms with E-state index in [0.29, 0.717) is 11.5 Å². The summed E-state index contributed by atoms with van der Waals surface area (Å²) in [7, 11) is 3.15. The second-order valence-electron chi connectivity index (χ2n) is 4.24. The first kappa shape index (κ1) is 13.9. The van der Waals surface area contributed by atoms with Crippen molar-refractivity contribution in [1.29, 1.82) is 0 Å². The van der Waals surface area contributed by atoms with Crippen LogP contribution in [0, 0.1) is 5.92 Å². The number of ether oxygens (including phenoxy) is 2. The predicted octanol–water partition coefficient (Wildman–Crippen LogP) is 2.33. The molecular formula is C13H15BrN2O3. The number of methoxy groups -OCH3 is 2. The SMILES string of the molecule is COc1cc(Br)c(/C=N\NC(=O)C2CC2)cc1OC. The summed E-state index contributed by atoms with van der Waals surface area (Å²) >= 11 is 3.42. The van der Waals surface area contributed by atoms with Gasteiger partial charge in [-0.2, -0.15) is 5.10 Å². The summed E-state index contributed by atoms with van der Waals surface area (Å²) in [5.41, 5.74) is 3.32. The maximum Gasteiger partial charge on any atom is 0.243 e. The highest BCUT2D eigenvalue weighted by molar-refractivity contribution is 9.10. The third-order valence-electron chi connectivity index (χ3n) is 2.83. The van der Waals surface area contributed by atoms with Gasteiger partial charge in [0.15, 0.2) is 11.5 Å². The molecule has 0 heterocycles. The van der Waals surface area contributed by atoms with Crippen LogP contribution in [0.1, 0.15) is 18.4 Å². The molecule has 1 amide bonds. The number of hydrogen-bond acceptors (Lipinski definition) is 4. The number of carbonyl (C=O) groups is 1. The van der Waals surface area contributed by atoms with Crippen LogP contribution in [0.5, 0.6) is 11.5 Å². The Kier molecular flexibility index (Phi) is 4.42. The smallest absolute Gasteiger partial charge is 0.243 e. The molecule has 0 saturated heterocycles. The van der Waals surface area contributed by atoms with Gasteiger partial charge in [0.1, 0.15) is 0 Å². The highest BCUT2D eigenvalue weighted by Crippen LogP contribution is 2.32. The summed E-state index contributed by atoms with van der Waals surface area (Å²) < 4.78 is 11.2. The maximum absolute atomic E-state index is 11.4. The van der Waals surface area contributed by atoms with Gasteiger partial charge in [-0.05, 0) is 40.9 Å². The van der Waals surface area contributed by atoms with Crippen LogP contribution < -0.4 is 14.9 Å². The Morgan fingerprint density at radius 1 is 1.37 bits per heavy atom. The van der Waals surface area contributed by atoms with E-state index in [0.717, 1.165) is 22.9 Å². The first-order valence-electron chi connectivity index (χ1n) is 5.90. The summed E-state index contributed by atoms with van der Waals surface area (Å²) in [4.78, 5) is 11.4. The second kappa shape index (κ2) is 6.06. The van der Waals surface area contributed by atoms with Crippen LogP contribution in [0.15, 0.2) is 21.7 Å². The zero-order valence-corrected chi connectivity index (χ0v) is 12.4. The molecule has 1 aromatic carbocycles.